The van der Waals surface area contributed by atoms with Crippen molar-refractivity contribution in [2.75, 3.05) is 7.11 Å². The molecule has 1 aromatic heterocycles. The summed E-state index contributed by atoms with van der Waals surface area (Å²) in [4.78, 5) is 4.26. The van der Waals surface area contributed by atoms with Crippen LogP contribution in [-0.4, -0.2) is 22.3 Å². The monoisotopic (exact) mass is 325 g/mol. The van der Waals surface area contributed by atoms with Crippen molar-refractivity contribution < 1.29 is 19.4 Å². The van der Waals surface area contributed by atoms with Crippen molar-refractivity contribution in [3.05, 3.63) is 48.4 Å². The summed E-state index contributed by atoms with van der Waals surface area (Å²) in [5.74, 6) is 1.43. The van der Waals surface area contributed by atoms with Crippen LogP contribution in [0.2, 0.25) is 0 Å². The SMILES string of the molecule is COc1ccc(-c2ocnc2-c2cc(C(C)C)c(O)cc2O)cc1. The molecule has 0 saturated carbocycles. The molecule has 0 spiro atoms. The molecule has 0 bridgehead atoms. The second kappa shape index (κ2) is 6.28. The molecule has 124 valence electrons. The summed E-state index contributed by atoms with van der Waals surface area (Å²) in [6, 6.07) is 10.5. The molecule has 1 heterocycles. The van der Waals surface area contributed by atoms with E-state index in [1.165, 1.54) is 12.5 Å². The van der Waals surface area contributed by atoms with Gasteiger partial charge in [0.25, 0.3) is 0 Å². The van der Waals surface area contributed by atoms with E-state index >= 15 is 0 Å². The topological polar surface area (TPSA) is 75.7 Å². The standard InChI is InChI=1S/C19H19NO4/c1-11(2)14-8-15(17(22)9-16(14)21)18-19(24-10-20-18)12-4-6-13(23-3)7-5-12/h4-11,21-22H,1-3H3. The lowest BCUT2D eigenvalue weighted by Gasteiger charge is -2.12. The van der Waals surface area contributed by atoms with Crippen molar-refractivity contribution in [2.24, 2.45) is 0 Å². The predicted molar refractivity (Wildman–Crippen MR) is 91.3 cm³/mol. The fourth-order valence-electron chi connectivity index (χ4n) is 2.63. The van der Waals surface area contributed by atoms with Crippen LogP contribution in [0.15, 0.2) is 47.2 Å². The average molecular weight is 325 g/mol. The molecule has 0 aliphatic carbocycles. The number of aromatic hydroxyl groups is 2. The normalized spacial score (nSPS) is 11.0. The Labute approximate surface area is 140 Å². The lowest BCUT2D eigenvalue weighted by molar-refractivity contribution is 0.415. The minimum Gasteiger partial charge on any atom is -0.508 e. The molecule has 24 heavy (non-hydrogen) atoms. The number of phenols is 2. The number of hydrogen-bond donors (Lipinski definition) is 2. The minimum absolute atomic E-state index is 0.0411. The quantitative estimate of drug-likeness (QED) is 0.736. The van der Waals surface area contributed by atoms with E-state index in [1.54, 1.807) is 13.2 Å². The zero-order chi connectivity index (χ0) is 17.3. The number of phenolic OH excluding ortho intramolecular Hbond substituents is 2. The molecule has 0 aliphatic heterocycles. The van der Waals surface area contributed by atoms with Gasteiger partial charge in [0.15, 0.2) is 12.2 Å². The van der Waals surface area contributed by atoms with Crippen LogP contribution in [0.4, 0.5) is 0 Å². The minimum atomic E-state index is -0.0411. The zero-order valence-electron chi connectivity index (χ0n) is 13.8. The number of hydrogen-bond acceptors (Lipinski definition) is 5. The van der Waals surface area contributed by atoms with Gasteiger partial charge in [0.1, 0.15) is 22.9 Å². The number of oxazole rings is 1. The maximum atomic E-state index is 10.3. The molecule has 5 heteroatoms. The van der Waals surface area contributed by atoms with Crippen molar-refractivity contribution in [1.82, 2.24) is 4.98 Å². The van der Waals surface area contributed by atoms with E-state index in [1.807, 2.05) is 38.1 Å². The highest BCUT2D eigenvalue weighted by Gasteiger charge is 2.19. The van der Waals surface area contributed by atoms with Crippen LogP contribution in [-0.2, 0) is 0 Å². The molecule has 0 unspecified atom stereocenters. The van der Waals surface area contributed by atoms with Crippen molar-refractivity contribution >= 4 is 0 Å². The smallest absolute Gasteiger partial charge is 0.182 e. The molecule has 3 aromatic rings. The van der Waals surface area contributed by atoms with E-state index in [2.05, 4.69) is 4.98 Å². The van der Waals surface area contributed by atoms with Gasteiger partial charge < -0.3 is 19.4 Å². The summed E-state index contributed by atoms with van der Waals surface area (Å²) >= 11 is 0. The van der Waals surface area contributed by atoms with Crippen LogP contribution in [0.25, 0.3) is 22.6 Å². The molecule has 0 amide bonds. The summed E-state index contributed by atoms with van der Waals surface area (Å²) in [6.07, 6.45) is 1.34. The van der Waals surface area contributed by atoms with Gasteiger partial charge in [-0.3, -0.25) is 0 Å². The summed E-state index contributed by atoms with van der Waals surface area (Å²) in [7, 11) is 1.61. The third kappa shape index (κ3) is 2.80. The molecule has 2 N–H and O–H groups in total. The molecule has 3 rings (SSSR count). The average Bonchev–Trinajstić information content (AvgIpc) is 3.04. The first kappa shape index (κ1) is 15.9. The van der Waals surface area contributed by atoms with Gasteiger partial charge in [0, 0.05) is 17.2 Å². The first-order valence-electron chi connectivity index (χ1n) is 7.65. The van der Waals surface area contributed by atoms with Gasteiger partial charge >= 0.3 is 0 Å². The molecule has 0 radical (unpaired) electrons. The van der Waals surface area contributed by atoms with Crippen LogP contribution in [0.3, 0.4) is 0 Å². The molecule has 0 aliphatic rings. The van der Waals surface area contributed by atoms with Crippen molar-refractivity contribution in [3.63, 3.8) is 0 Å². The molecule has 2 aromatic carbocycles. The fraction of sp³-hybridized carbons (Fsp3) is 0.211. The van der Waals surface area contributed by atoms with Crippen LogP contribution >= 0.6 is 0 Å². The van der Waals surface area contributed by atoms with Crippen LogP contribution < -0.4 is 4.74 Å². The number of ether oxygens (including phenoxy) is 1. The van der Waals surface area contributed by atoms with Crippen molar-refractivity contribution in [3.8, 4) is 39.8 Å². The molecule has 5 nitrogen and oxygen atoms in total. The first-order valence-corrected chi connectivity index (χ1v) is 7.65. The highest BCUT2D eigenvalue weighted by atomic mass is 16.5. The van der Waals surface area contributed by atoms with Gasteiger partial charge in [-0.2, -0.15) is 0 Å². The second-order valence-electron chi connectivity index (χ2n) is 5.84. The van der Waals surface area contributed by atoms with E-state index in [-0.39, 0.29) is 17.4 Å². The molecular weight excluding hydrogens is 306 g/mol. The number of rotatable bonds is 4. The largest absolute Gasteiger partial charge is 0.508 e. The van der Waals surface area contributed by atoms with E-state index in [9.17, 15) is 10.2 Å². The highest BCUT2D eigenvalue weighted by Crippen LogP contribution is 2.41. The molecule has 0 fully saturated rings. The maximum absolute atomic E-state index is 10.3. The van der Waals surface area contributed by atoms with Crippen molar-refractivity contribution in [2.45, 2.75) is 19.8 Å². The predicted octanol–water partition coefficient (Wildman–Crippen LogP) is 4.55. The van der Waals surface area contributed by atoms with Gasteiger partial charge in [0.2, 0.25) is 0 Å². The van der Waals surface area contributed by atoms with Gasteiger partial charge in [-0.05, 0) is 41.8 Å². The van der Waals surface area contributed by atoms with E-state index in [0.717, 1.165) is 16.9 Å². The lowest BCUT2D eigenvalue weighted by atomic mass is 9.96. The Morgan fingerprint density at radius 3 is 2.38 bits per heavy atom. The number of benzene rings is 2. The van der Waals surface area contributed by atoms with Gasteiger partial charge in [-0.25, -0.2) is 4.98 Å². The first-order chi connectivity index (χ1) is 11.5. The van der Waals surface area contributed by atoms with E-state index < -0.39 is 0 Å². The number of nitrogens with zero attached hydrogens (tertiary/aromatic N) is 1. The van der Waals surface area contributed by atoms with Gasteiger partial charge in [-0.15, -0.1) is 0 Å². The van der Waals surface area contributed by atoms with Crippen molar-refractivity contribution in [1.29, 1.82) is 0 Å². The Bertz CT molecular complexity index is 850. The Morgan fingerprint density at radius 1 is 1.04 bits per heavy atom. The summed E-state index contributed by atoms with van der Waals surface area (Å²) in [6.45, 7) is 3.95. The van der Waals surface area contributed by atoms with E-state index in [4.69, 9.17) is 9.15 Å². The maximum Gasteiger partial charge on any atom is 0.182 e. The second-order valence-corrected chi connectivity index (χ2v) is 5.84. The van der Waals surface area contributed by atoms with Crippen LogP contribution in [0.1, 0.15) is 25.3 Å². The Kier molecular flexibility index (Phi) is 4.16. The number of aromatic nitrogens is 1. The molecule has 0 saturated heterocycles. The lowest BCUT2D eigenvalue weighted by Crippen LogP contribution is -1.91. The van der Waals surface area contributed by atoms with Gasteiger partial charge in [-0.1, -0.05) is 13.8 Å². The number of methoxy groups -OCH3 is 1. The van der Waals surface area contributed by atoms with Crippen LogP contribution in [0.5, 0.6) is 17.2 Å². The van der Waals surface area contributed by atoms with E-state index in [0.29, 0.717) is 17.0 Å². The fourth-order valence-corrected chi connectivity index (χ4v) is 2.63. The summed E-state index contributed by atoms with van der Waals surface area (Å²) in [5.41, 5.74) is 2.61. The molecule has 0 atom stereocenters. The summed E-state index contributed by atoms with van der Waals surface area (Å²) < 4.78 is 10.7. The Balaban J connectivity index is 2.11. The Morgan fingerprint density at radius 2 is 1.75 bits per heavy atom. The molecular formula is C19H19NO4. The third-order valence-corrected chi connectivity index (χ3v) is 3.94. The zero-order valence-corrected chi connectivity index (χ0v) is 13.8. The van der Waals surface area contributed by atoms with Gasteiger partial charge in [0.05, 0.1) is 7.11 Å². The summed E-state index contributed by atoms with van der Waals surface area (Å²) in [5, 5.41) is 20.3. The van der Waals surface area contributed by atoms with Crippen LogP contribution in [0, 0.1) is 0 Å². The highest BCUT2D eigenvalue weighted by molar-refractivity contribution is 5.81. The third-order valence-electron chi connectivity index (χ3n) is 3.94. The Hall–Kier alpha value is -2.95.